The van der Waals surface area contributed by atoms with Gasteiger partial charge >= 0.3 is 0 Å². The van der Waals surface area contributed by atoms with Crippen molar-refractivity contribution in [3.63, 3.8) is 0 Å². The van der Waals surface area contributed by atoms with Crippen molar-refractivity contribution in [2.24, 2.45) is 5.73 Å². The van der Waals surface area contributed by atoms with E-state index in [9.17, 15) is 4.79 Å². The zero-order chi connectivity index (χ0) is 18.6. The maximum atomic E-state index is 13.0. The van der Waals surface area contributed by atoms with Crippen molar-refractivity contribution in [1.29, 1.82) is 0 Å². The van der Waals surface area contributed by atoms with Crippen LogP contribution >= 0.6 is 24.8 Å². The molecular formula is C23H25Cl2N3O. The normalized spacial score (nSPS) is 13.5. The lowest BCUT2D eigenvalue weighted by Crippen LogP contribution is -2.47. The Bertz CT molecular complexity index is 935. The molecule has 6 heteroatoms. The maximum Gasteiger partial charge on any atom is 0.244 e. The predicted molar refractivity (Wildman–Crippen MR) is 123 cm³/mol. The molecule has 1 amide bonds. The van der Waals surface area contributed by atoms with Crippen LogP contribution in [0.15, 0.2) is 73.1 Å². The summed E-state index contributed by atoms with van der Waals surface area (Å²) in [7, 11) is 0. The SMILES string of the molecule is Cl.Cl.N[C@H](Cc1ccccc1)C(=O)N1CCCc2cc(-c3ccncc3)ccc21. The summed E-state index contributed by atoms with van der Waals surface area (Å²) in [6, 6.07) is 19.7. The highest BCUT2D eigenvalue weighted by Crippen LogP contribution is 2.32. The number of carbonyl (C=O) groups is 1. The lowest BCUT2D eigenvalue weighted by atomic mass is 9.95. The number of hydrogen-bond donors (Lipinski definition) is 1. The molecule has 0 unspecified atom stereocenters. The minimum absolute atomic E-state index is 0. The molecule has 0 fully saturated rings. The number of rotatable bonds is 4. The van der Waals surface area contributed by atoms with Gasteiger partial charge in [0, 0.05) is 24.6 Å². The first kappa shape index (κ1) is 22.9. The number of aryl methyl sites for hydroxylation is 1. The van der Waals surface area contributed by atoms with Gasteiger partial charge in [-0.25, -0.2) is 0 Å². The smallest absolute Gasteiger partial charge is 0.244 e. The zero-order valence-electron chi connectivity index (χ0n) is 16.0. The van der Waals surface area contributed by atoms with E-state index in [-0.39, 0.29) is 30.7 Å². The van der Waals surface area contributed by atoms with E-state index in [0.717, 1.165) is 41.8 Å². The topological polar surface area (TPSA) is 59.2 Å². The van der Waals surface area contributed by atoms with Crippen LogP contribution in [0.3, 0.4) is 0 Å². The van der Waals surface area contributed by atoms with Gasteiger partial charge in [0.25, 0.3) is 0 Å². The Morgan fingerprint density at radius 1 is 1.00 bits per heavy atom. The minimum Gasteiger partial charge on any atom is -0.320 e. The number of anilines is 1. The Balaban J connectivity index is 0.00000150. The van der Waals surface area contributed by atoms with Crippen molar-refractivity contribution < 1.29 is 4.79 Å². The van der Waals surface area contributed by atoms with Crippen LogP contribution in [0.25, 0.3) is 11.1 Å². The van der Waals surface area contributed by atoms with E-state index in [1.165, 1.54) is 5.56 Å². The fourth-order valence-electron chi connectivity index (χ4n) is 3.71. The van der Waals surface area contributed by atoms with Crippen molar-refractivity contribution in [3.8, 4) is 11.1 Å². The van der Waals surface area contributed by atoms with Gasteiger partial charge in [-0.2, -0.15) is 0 Å². The first-order valence-corrected chi connectivity index (χ1v) is 9.36. The lowest BCUT2D eigenvalue weighted by Gasteiger charge is -2.32. The predicted octanol–water partition coefficient (Wildman–Crippen LogP) is 4.44. The molecule has 29 heavy (non-hydrogen) atoms. The number of carbonyl (C=O) groups excluding carboxylic acids is 1. The molecule has 0 aliphatic carbocycles. The fraction of sp³-hybridized carbons (Fsp3) is 0.217. The van der Waals surface area contributed by atoms with Crippen LogP contribution in [0.2, 0.25) is 0 Å². The van der Waals surface area contributed by atoms with Crippen molar-refractivity contribution in [1.82, 2.24) is 4.98 Å². The summed E-state index contributed by atoms with van der Waals surface area (Å²) < 4.78 is 0. The summed E-state index contributed by atoms with van der Waals surface area (Å²) >= 11 is 0. The summed E-state index contributed by atoms with van der Waals surface area (Å²) in [4.78, 5) is 19.0. The second-order valence-electron chi connectivity index (χ2n) is 6.97. The van der Waals surface area contributed by atoms with Gasteiger partial charge in [-0.05, 0) is 65.8 Å². The molecule has 2 heterocycles. The Kier molecular flexibility index (Phi) is 8.21. The third-order valence-corrected chi connectivity index (χ3v) is 5.09. The number of hydrogen-bond acceptors (Lipinski definition) is 3. The van der Waals surface area contributed by atoms with Crippen molar-refractivity contribution in [2.75, 3.05) is 11.4 Å². The number of benzene rings is 2. The number of aromatic nitrogens is 1. The molecule has 4 nitrogen and oxygen atoms in total. The van der Waals surface area contributed by atoms with Crippen LogP contribution in [-0.2, 0) is 17.6 Å². The third kappa shape index (κ3) is 5.15. The molecule has 152 valence electrons. The number of pyridine rings is 1. The molecule has 2 aromatic carbocycles. The molecule has 0 radical (unpaired) electrons. The summed E-state index contributed by atoms with van der Waals surface area (Å²) in [5.41, 5.74) is 11.8. The number of halogens is 2. The molecule has 4 rings (SSSR count). The van der Waals surface area contributed by atoms with Crippen molar-refractivity contribution in [2.45, 2.75) is 25.3 Å². The Morgan fingerprint density at radius 2 is 1.72 bits per heavy atom. The van der Waals surface area contributed by atoms with E-state index in [2.05, 4.69) is 23.2 Å². The fourth-order valence-corrected chi connectivity index (χ4v) is 3.71. The van der Waals surface area contributed by atoms with Crippen LogP contribution in [-0.4, -0.2) is 23.5 Å². The molecule has 1 aliphatic heterocycles. The molecule has 0 bridgehead atoms. The number of nitrogens with two attached hydrogens (primary N) is 1. The van der Waals surface area contributed by atoms with Crippen LogP contribution in [0.1, 0.15) is 17.5 Å². The van der Waals surface area contributed by atoms with Crippen LogP contribution < -0.4 is 10.6 Å². The van der Waals surface area contributed by atoms with E-state index in [4.69, 9.17) is 5.73 Å². The highest BCUT2D eigenvalue weighted by molar-refractivity contribution is 5.98. The first-order chi connectivity index (χ1) is 13.2. The van der Waals surface area contributed by atoms with Crippen molar-refractivity contribution in [3.05, 3.63) is 84.2 Å². The lowest BCUT2D eigenvalue weighted by molar-refractivity contribution is -0.119. The van der Waals surface area contributed by atoms with Gasteiger partial charge in [0.05, 0.1) is 6.04 Å². The largest absolute Gasteiger partial charge is 0.320 e. The van der Waals surface area contributed by atoms with E-state index < -0.39 is 6.04 Å². The standard InChI is InChI=1S/C23H23N3O.2ClH/c24-21(15-17-5-2-1-3-6-17)23(27)26-14-4-7-20-16-19(8-9-22(20)26)18-10-12-25-13-11-18;;/h1-3,5-6,8-13,16,21H,4,7,14-15,24H2;2*1H/t21-;;/m1../s1. The van der Waals surface area contributed by atoms with Crippen LogP contribution in [0.4, 0.5) is 5.69 Å². The van der Waals surface area contributed by atoms with E-state index in [1.54, 1.807) is 12.4 Å². The average molecular weight is 430 g/mol. The van der Waals surface area contributed by atoms with E-state index in [1.807, 2.05) is 47.4 Å². The summed E-state index contributed by atoms with van der Waals surface area (Å²) in [6.45, 7) is 0.725. The molecule has 0 saturated heterocycles. The third-order valence-electron chi connectivity index (χ3n) is 5.09. The van der Waals surface area contributed by atoms with Gasteiger partial charge in [0.2, 0.25) is 5.91 Å². The van der Waals surface area contributed by atoms with Crippen LogP contribution in [0, 0.1) is 0 Å². The second-order valence-corrected chi connectivity index (χ2v) is 6.97. The van der Waals surface area contributed by atoms with Crippen LogP contribution in [0.5, 0.6) is 0 Å². The number of nitrogens with zero attached hydrogens (tertiary/aromatic N) is 2. The van der Waals surface area contributed by atoms with Crippen molar-refractivity contribution >= 4 is 36.4 Å². The van der Waals surface area contributed by atoms with E-state index >= 15 is 0 Å². The monoisotopic (exact) mass is 429 g/mol. The van der Waals surface area contributed by atoms with Gasteiger partial charge < -0.3 is 10.6 Å². The Morgan fingerprint density at radius 3 is 2.45 bits per heavy atom. The average Bonchev–Trinajstić information content (AvgIpc) is 2.73. The minimum atomic E-state index is -0.529. The summed E-state index contributed by atoms with van der Waals surface area (Å²) in [5, 5.41) is 0. The van der Waals surface area contributed by atoms with Gasteiger partial charge in [-0.1, -0.05) is 36.4 Å². The zero-order valence-corrected chi connectivity index (χ0v) is 17.7. The molecule has 1 aliphatic rings. The first-order valence-electron chi connectivity index (χ1n) is 9.36. The molecule has 0 spiro atoms. The Labute approximate surface area is 184 Å². The molecule has 0 saturated carbocycles. The molecule has 2 N–H and O–H groups in total. The quantitative estimate of drug-likeness (QED) is 0.666. The number of fused-ring (bicyclic) bond motifs is 1. The summed E-state index contributed by atoms with van der Waals surface area (Å²) in [5.74, 6) is -0.00327. The molecular weight excluding hydrogens is 405 g/mol. The molecule has 1 atom stereocenters. The van der Waals surface area contributed by atoms with Gasteiger partial charge in [-0.15, -0.1) is 24.8 Å². The highest BCUT2D eigenvalue weighted by Gasteiger charge is 2.27. The molecule has 3 aromatic rings. The van der Waals surface area contributed by atoms with Gasteiger partial charge in [0.15, 0.2) is 0 Å². The molecule has 1 aromatic heterocycles. The van der Waals surface area contributed by atoms with Gasteiger partial charge in [0.1, 0.15) is 0 Å². The van der Waals surface area contributed by atoms with E-state index in [0.29, 0.717) is 6.42 Å². The number of amides is 1. The summed E-state index contributed by atoms with van der Waals surface area (Å²) in [6.07, 6.45) is 6.09. The Hall–Kier alpha value is -2.40. The van der Waals surface area contributed by atoms with Gasteiger partial charge in [-0.3, -0.25) is 9.78 Å². The maximum absolute atomic E-state index is 13.0. The second kappa shape index (κ2) is 10.4. The highest BCUT2D eigenvalue weighted by atomic mass is 35.5.